The Morgan fingerprint density at radius 3 is 2.44 bits per heavy atom. The van der Waals surface area contributed by atoms with Gasteiger partial charge in [-0.15, -0.1) is 0 Å². The van der Waals surface area contributed by atoms with E-state index in [-0.39, 0.29) is 17.9 Å². The molecule has 0 radical (unpaired) electrons. The fraction of sp³-hybridized carbons (Fsp3) is 0.538. The molecule has 0 aliphatic carbocycles. The molecule has 1 atom stereocenters. The Morgan fingerprint density at radius 2 is 1.89 bits per heavy atom. The minimum atomic E-state index is -2.82. The van der Waals surface area contributed by atoms with Crippen LogP contribution in [0.2, 0.25) is 0 Å². The fourth-order valence-electron chi connectivity index (χ4n) is 1.59. The van der Waals surface area contributed by atoms with Gasteiger partial charge < -0.3 is 14.8 Å². The summed E-state index contributed by atoms with van der Waals surface area (Å²) in [4.78, 5) is 0. The highest BCUT2D eigenvalue weighted by Crippen LogP contribution is 2.26. The van der Waals surface area contributed by atoms with Crippen molar-refractivity contribution in [2.75, 3.05) is 13.7 Å². The molecule has 0 heterocycles. The average Bonchev–Trinajstić information content (AvgIpc) is 2.30. The smallest absolute Gasteiger partial charge is 0.387 e. The Balaban J connectivity index is 2.83. The largest absolute Gasteiger partial charge is 0.434 e. The van der Waals surface area contributed by atoms with E-state index in [4.69, 9.17) is 4.74 Å². The van der Waals surface area contributed by atoms with Gasteiger partial charge in [-0.2, -0.15) is 8.78 Å². The van der Waals surface area contributed by atoms with Crippen molar-refractivity contribution in [3.05, 3.63) is 29.8 Å². The summed E-state index contributed by atoms with van der Waals surface area (Å²) < 4.78 is 34.6. The van der Waals surface area contributed by atoms with Crippen molar-refractivity contribution in [2.24, 2.45) is 0 Å². The van der Waals surface area contributed by atoms with Crippen LogP contribution in [0.15, 0.2) is 24.3 Å². The summed E-state index contributed by atoms with van der Waals surface area (Å²) in [5.74, 6) is 0.180. The molecule has 1 N–H and O–H groups in total. The second-order valence-corrected chi connectivity index (χ2v) is 4.14. The molecule has 0 spiro atoms. The third kappa shape index (κ3) is 4.58. The lowest BCUT2D eigenvalue weighted by molar-refractivity contribution is -0.0511. The third-order valence-corrected chi connectivity index (χ3v) is 2.46. The van der Waals surface area contributed by atoms with Gasteiger partial charge >= 0.3 is 6.61 Å². The van der Waals surface area contributed by atoms with Crippen molar-refractivity contribution in [3.63, 3.8) is 0 Å². The predicted octanol–water partition coefficient (Wildman–Crippen LogP) is 2.97. The Labute approximate surface area is 106 Å². The van der Waals surface area contributed by atoms with E-state index in [0.29, 0.717) is 12.2 Å². The molecular weight excluding hydrogens is 240 g/mol. The highest BCUT2D eigenvalue weighted by molar-refractivity contribution is 5.36. The maximum absolute atomic E-state index is 12.3. The van der Waals surface area contributed by atoms with Crippen LogP contribution in [0.5, 0.6) is 5.75 Å². The Bertz CT molecular complexity index is 359. The number of halogens is 2. The molecule has 0 saturated heterocycles. The first-order valence-electron chi connectivity index (χ1n) is 5.87. The minimum absolute atomic E-state index is 0.0871. The second-order valence-electron chi connectivity index (χ2n) is 4.14. The molecule has 18 heavy (non-hydrogen) atoms. The van der Waals surface area contributed by atoms with Crippen LogP contribution in [0.4, 0.5) is 8.78 Å². The first-order valence-corrected chi connectivity index (χ1v) is 5.87. The average molecular weight is 259 g/mol. The van der Waals surface area contributed by atoms with Crippen molar-refractivity contribution >= 4 is 0 Å². The van der Waals surface area contributed by atoms with Crippen LogP contribution in [-0.4, -0.2) is 26.4 Å². The summed E-state index contributed by atoms with van der Waals surface area (Å²) >= 11 is 0. The van der Waals surface area contributed by atoms with Crippen LogP contribution in [0.3, 0.4) is 0 Å². The SMILES string of the molecule is CNC(COC(C)C)c1ccccc1OC(F)F. The highest BCUT2D eigenvalue weighted by atomic mass is 19.3. The van der Waals surface area contributed by atoms with E-state index in [2.05, 4.69) is 10.1 Å². The number of ether oxygens (including phenoxy) is 2. The minimum Gasteiger partial charge on any atom is -0.434 e. The number of benzene rings is 1. The van der Waals surface area contributed by atoms with Gasteiger partial charge in [0, 0.05) is 5.56 Å². The van der Waals surface area contributed by atoms with E-state index in [9.17, 15) is 8.78 Å². The van der Waals surface area contributed by atoms with E-state index >= 15 is 0 Å². The van der Waals surface area contributed by atoms with Crippen molar-refractivity contribution < 1.29 is 18.3 Å². The molecule has 0 aliphatic heterocycles. The van der Waals surface area contributed by atoms with Crippen molar-refractivity contribution in [1.82, 2.24) is 5.32 Å². The van der Waals surface area contributed by atoms with E-state index in [0.717, 1.165) is 0 Å². The molecule has 1 rings (SSSR count). The molecule has 3 nitrogen and oxygen atoms in total. The quantitative estimate of drug-likeness (QED) is 0.816. The van der Waals surface area contributed by atoms with Crippen LogP contribution in [0.1, 0.15) is 25.5 Å². The molecule has 1 aromatic carbocycles. The summed E-state index contributed by atoms with van der Waals surface area (Å²) in [5.41, 5.74) is 0.668. The molecule has 1 unspecified atom stereocenters. The summed E-state index contributed by atoms with van der Waals surface area (Å²) in [5, 5.41) is 3.04. The lowest BCUT2D eigenvalue weighted by atomic mass is 10.1. The molecule has 1 aromatic rings. The normalized spacial score (nSPS) is 13.1. The van der Waals surface area contributed by atoms with Crippen LogP contribution in [0.25, 0.3) is 0 Å². The van der Waals surface area contributed by atoms with Gasteiger partial charge in [0.25, 0.3) is 0 Å². The number of rotatable bonds is 7. The molecule has 0 aliphatic rings. The van der Waals surface area contributed by atoms with Gasteiger partial charge in [-0.1, -0.05) is 18.2 Å². The van der Waals surface area contributed by atoms with Gasteiger partial charge in [-0.05, 0) is 27.0 Å². The van der Waals surface area contributed by atoms with Gasteiger partial charge in [0.2, 0.25) is 0 Å². The Morgan fingerprint density at radius 1 is 1.22 bits per heavy atom. The summed E-state index contributed by atoms with van der Waals surface area (Å²) in [6.07, 6.45) is 0.0871. The molecule has 0 aromatic heterocycles. The molecule has 0 fully saturated rings. The molecule has 5 heteroatoms. The van der Waals surface area contributed by atoms with Crippen LogP contribution in [0, 0.1) is 0 Å². The van der Waals surface area contributed by atoms with E-state index in [1.165, 1.54) is 6.07 Å². The summed E-state index contributed by atoms with van der Waals surface area (Å²) in [6, 6.07) is 6.55. The van der Waals surface area contributed by atoms with Gasteiger partial charge in [0.05, 0.1) is 18.8 Å². The monoisotopic (exact) mass is 259 g/mol. The number of likely N-dealkylation sites (N-methyl/N-ethyl adjacent to an activating group) is 1. The zero-order chi connectivity index (χ0) is 13.5. The van der Waals surface area contributed by atoms with E-state index in [1.807, 2.05) is 13.8 Å². The number of alkyl halides is 2. The lowest BCUT2D eigenvalue weighted by Crippen LogP contribution is -2.24. The topological polar surface area (TPSA) is 30.5 Å². The van der Waals surface area contributed by atoms with Crippen molar-refractivity contribution in [2.45, 2.75) is 32.6 Å². The molecule has 0 amide bonds. The summed E-state index contributed by atoms with van der Waals surface area (Å²) in [7, 11) is 1.76. The number of hydrogen-bond acceptors (Lipinski definition) is 3. The standard InChI is InChI=1S/C13H19F2NO2/c1-9(2)17-8-11(16-3)10-6-4-5-7-12(10)18-13(14)15/h4-7,9,11,13,16H,8H2,1-3H3. The van der Waals surface area contributed by atoms with Crippen molar-refractivity contribution in [1.29, 1.82) is 0 Å². The zero-order valence-corrected chi connectivity index (χ0v) is 10.8. The molecule has 0 bridgehead atoms. The molecule has 102 valence electrons. The van der Waals surface area contributed by atoms with Crippen LogP contribution in [-0.2, 0) is 4.74 Å². The van der Waals surface area contributed by atoms with Gasteiger partial charge in [0.1, 0.15) is 5.75 Å². The van der Waals surface area contributed by atoms with Gasteiger partial charge in [-0.3, -0.25) is 0 Å². The fourth-order valence-corrected chi connectivity index (χ4v) is 1.59. The zero-order valence-electron chi connectivity index (χ0n) is 10.8. The number of nitrogens with one attached hydrogen (secondary N) is 1. The van der Waals surface area contributed by atoms with E-state index in [1.54, 1.807) is 25.2 Å². The molecular formula is C13H19F2NO2. The predicted molar refractivity (Wildman–Crippen MR) is 66.0 cm³/mol. The second kappa shape index (κ2) is 7.28. The first kappa shape index (κ1) is 14.9. The maximum Gasteiger partial charge on any atom is 0.387 e. The highest BCUT2D eigenvalue weighted by Gasteiger charge is 2.17. The number of hydrogen-bond donors (Lipinski definition) is 1. The van der Waals surface area contributed by atoms with Gasteiger partial charge in [-0.25, -0.2) is 0 Å². The molecule has 0 saturated carbocycles. The Kier molecular flexibility index (Phi) is 6.01. The first-order chi connectivity index (χ1) is 8.54. The third-order valence-electron chi connectivity index (χ3n) is 2.46. The van der Waals surface area contributed by atoms with E-state index < -0.39 is 6.61 Å². The van der Waals surface area contributed by atoms with Crippen molar-refractivity contribution in [3.8, 4) is 5.75 Å². The maximum atomic E-state index is 12.3. The Hall–Kier alpha value is -1.20. The van der Waals surface area contributed by atoms with Crippen LogP contribution < -0.4 is 10.1 Å². The summed E-state index contributed by atoms with van der Waals surface area (Å²) in [6.45, 7) is 1.43. The van der Waals surface area contributed by atoms with Crippen LogP contribution >= 0.6 is 0 Å². The van der Waals surface area contributed by atoms with Gasteiger partial charge in [0.15, 0.2) is 0 Å². The number of para-hydroxylation sites is 1. The lowest BCUT2D eigenvalue weighted by Gasteiger charge is -2.21.